The smallest absolute Gasteiger partial charge is 0.126 e. The van der Waals surface area contributed by atoms with Gasteiger partial charge in [0.15, 0.2) is 0 Å². The van der Waals surface area contributed by atoms with E-state index in [4.69, 9.17) is 4.74 Å². The highest BCUT2D eigenvalue weighted by Gasteiger charge is 2.23. The van der Waals surface area contributed by atoms with Gasteiger partial charge in [0.05, 0.1) is 12.1 Å². The molecular weight excluding hydrogens is 253 g/mol. The van der Waals surface area contributed by atoms with E-state index >= 15 is 0 Å². The predicted molar refractivity (Wildman–Crippen MR) is 82.5 cm³/mol. The molecule has 0 saturated carbocycles. The van der Waals surface area contributed by atoms with Gasteiger partial charge in [-0.2, -0.15) is 0 Å². The fraction of sp³-hybridized carbons (Fsp3) is 0.647. The van der Waals surface area contributed by atoms with Crippen molar-refractivity contribution in [3.63, 3.8) is 0 Å². The predicted octanol–water partition coefficient (Wildman–Crippen LogP) is 4.38. The number of halogens is 1. The van der Waals surface area contributed by atoms with E-state index in [-0.39, 0.29) is 18.0 Å². The molecule has 1 aromatic carbocycles. The van der Waals surface area contributed by atoms with Gasteiger partial charge in [0.2, 0.25) is 0 Å². The first-order valence-electron chi connectivity index (χ1n) is 7.75. The number of hydrogen-bond acceptors (Lipinski definition) is 2. The van der Waals surface area contributed by atoms with Crippen LogP contribution in [0.25, 0.3) is 0 Å². The molecular formula is C17H28FNO. The molecule has 1 rings (SSSR count). The molecule has 0 aromatic heterocycles. The van der Waals surface area contributed by atoms with E-state index in [2.05, 4.69) is 19.2 Å². The number of aryl methyl sites for hydroxylation is 1. The third-order valence-electron chi connectivity index (χ3n) is 3.49. The molecule has 0 aliphatic heterocycles. The lowest BCUT2D eigenvalue weighted by atomic mass is 9.96. The Labute approximate surface area is 122 Å². The van der Waals surface area contributed by atoms with Gasteiger partial charge in [-0.25, -0.2) is 4.39 Å². The largest absolute Gasteiger partial charge is 0.377 e. The van der Waals surface area contributed by atoms with Crippen LogP contribution in [0.2, 0.25) is 0 Å². The number of nitrogens with one attached hydrogen (secondary N) is 1. The first-order valence-corrected chi connectivity index (χ1v) is 7.75. The molecule has 2 atom stereocenters. The van der Waals surface area contributed by atoms with E-state index in [1.54, 1.807) is 13.0 Å². The average molecular weight is 281 g/mol. The lowest BCUT2D eigenvalue weighted by molar-refractivity contribution is 0.0275. The van der Waals surface area contributed by atoms with Crippen LogP contribution in [0.4, 0.5) is 4.39 Å². The molecule has 0 bridgehead atoms. The summed E-state index contributed by atoms with van der Waals surface area (Å²) in [6.07, 6.45) is 3.18. The first-order chi connectivity index (χ1) is 9.63. The zero-order chi connectivity index (χ0) is 15.0. The molecule has 0 spiro atoms. The molecule has 0 saturated heterocycles. The highest BCUT2D eigenvalue weighted by molar-refractivity contribution is 5.26. The van der Waals surface area contributed by atoms with E-state index in [9.17, 15) is 4.39 Å². The Bertz CT molecular complexity index is 389. The summed E-state index contributed by atoms with van der Waals surface area (Å²) in [5, 5.41) is 3.51. The summed E-state index contributed by atoms with van der Waals surface area (Å²) in [5.74, 6) is -0.141. The van der Waals surface area contributed by atoms with Crippen molar-refractivity contribution in [2.75, 3.05) is 13.2 Å². The Morgan fingerprint density at radius 1 is 1.20 bits per heavy atom. The third kappa shape index (κ3) is 4.88. The Hall–Kier alpha value is -0.930. The molecule has 2 unspecified atom stereocenters. The molecule has 2 nitrogen and oxygen atoms in total. The summed E-state index contributed by atoms with van der Waals surface area (Å²) in [4.78, 5) is 0. The van der Waals surface area contributed by atoms with Crippen LogP contribution in [0.5, 0.6) is 0 Å². The summed E-state index contributed by atoms with van der Waals surface area (Å²) in [6, 6.07) is 5.56. The van der Waals surface area contributed by atoms with Gasteiger partial charge in [0.25, 0.3) is 0 Å². The topological polar surface area (TPSA) is 21.3 Å². The van der Waals surface area contributed by atoms with E-state index in [0.717, 1.165) is 31.4 Å². The van der Waals surface area contributed by atoms with Gasteiger partial charge in [0.1, 0.15) is 5.82 Å². The van der Waals surface area contributed by atoms with Crippen molar-refractivity contribution in [1.82, 2.24) is 5.32 Å². The fourth-order valence-corrected chi connectivity index (χ4v) is 2.41. The van der Waals surface area contributed by atoms with E-state index in [1.807, 2.05) is 19.1 Å². The Balaban J connectivity index is 2.98. The summed E-state index contributed by atoms with van der Waals surface area (Å²) in [5.41, 5.74) is 1.67. The zero-order valence-electron chi connectivity index (χ0n) is 13.2. The maximum Gasteiger partial charge on any atom is 0.126 e. The molecule has 1 aromatic rings. The molecule has 0 aliphatic rings. The van der Waals surface area contributed by atoms with E-state index < -0.39 is 0 Å². The van der Waals surface area contributed by atoms with Gasteiger partial charge in [-0.1, -0.05) is 32.4 Å². The van der Waals surface area contributed by atoms with Gasteiger partial charge in [0, 0.05) is 6.61 Å². The molecule has 20 heavy (non-hydrogen) atoms. The maximum absolute atomic E-state index is 13.8. The zero-order valence-corrected chi connectivity index (χ0v) is 13.2. The van der Waals surface area contributed by atoms with E-state index in [1.165, 1.54) is 0 Å². The van der Waals surface area contributed by atoms with Crippen molar-refractivity contribution < 1.29 is 9.13 Å². The van der Waals surface area contributed by atoms with Crippen LogP contribution in [-0.4, -0.2) is 19.3 Å². The van der Waals surface area contributed by atoms with Crippen molar-refractivity contribution in [3.8, 4) is 0 Å². The normalized spacial score (nSPS) is 14.2. The molecule has 0 fully saturated rings. The second kappa shape index (κ2) is 9.09. The molecule has 1 N–H and O–H groups in total. The number of ether oxygens (including phenoxy) is 1. The van der Waals surface area contributed by atoms with Crippen LogP contribution in [0.1, 0.15) is 57.2 Å². The highest BCUT2D eigenvalue weighted by atomic mass is 19.1. The standard InChI is InChI=1S/C17H28FNO/c1-5-8-16(20-7-3)17(19-11-6-2)14-10-9-13(4)15(18)12-14/h9-10,12,16-17,19H,5-8,11H2,1-4H3. The molecule has 0 radical (unpaired) electrons. The minimum atomic E-state index is -0.141. The minimum Gasteiger partial charge on any atom is -0.377 e. The van der Waals surface area contributed by atoms with Crippen molar-refractivity contribution in [2.24, 2.45) is 0 Å². The second-order valence-electron chi connectivity index (χ2n) is 5.22. The van der Waals surface area contributed by atoms with Crippen LogP contribution in [-0.2, 0) is 4.74 Å². The lowest BCUT2D eigenvalue weighted by Gasteiger charge is -2.28. The fourth-order valence-electron chi connectivity index (χ4n) is 2.41. The Morgan fingerprint density at radius 3 is 2.50 bits per heavy atom. The van der Waals surface area contributed by atoms with Crippen LogP contribution in [0.3, 0.4) is 0 Å². The summed E-state index contributed by atoms with van der Waals surface area (Å²) in [6.45, 7) is 9.68. The SMILES string of the molecule is CCCNC(c1ccc(C)c(F)c1)C(CCC)OCC. The van der Waals surface area contributed by atoms with Crippen molar-refractivity contribution in [1.29, 1.82) is 0 Å². The van der Waals surface area contributed by atoms with Crippen molar-refractivity contribution >= 4 is 0 Å². The molecule has 0 heterocycles. The average Bonchev–Trinajstić information content (AvgIpc) is 2.43. The van der Waals surface area contributed by atoms with Crippen LogP contribution in [0.15, 0.2) is 18.2 Å². The second-order valence-corrected chi connectivity index (χ2v) is 5.22. The monoisotopic (exact) mass is 281 g/mol. The lowest BCUT2D eigenvalue weighted by Crippen LogP contribution is -2.34. The molecule has 3 heteroatoms. The van der Waals surface area contributed by atoms with E-state index in [0.29, 0.717) is 12.2 Å². The van der Waals surface area contributed by atoms with Gasteiger partial charge in [-0.05, 0) is 50.4 Å². The van der Waals surface area contributed by atoms with Crippen molar-refractivity contribution in [3.05, 3.63) is 35.1 Å². The van der Waals surface area contributed by atoms with Gasteiger partial charge >= 0.3 is 0 Å². The van der Waals surface area contributed by atoms with Crippen molar-refractivity contribution in [2.45, 2.75) is 59.1 Å². The number of hydrogen-bond donors (Lipinski definition) is 1. The maximum atomic E-state index is 13.8. The first kappa shape index (κ1) is 17.1. The van der Waals surface area contributed by atoms with Crippen LogP contribution in [0, 0.1) is 12.7 Å². The number of benzene rings is 1. The summed E-state index contributed by atoms with van der Waals surface area (Å²) in [7, 11) is 0. The third-order valence-corrected chi connectivity index (χ3v) is 3.49. The molecule has 0 amide bonds. The quantitative estimate of drug-likeness (QED) is 0.725. The summed E-state index contributed by atoms with van der Waals surface area (Å²) >= 11 is 0. The summed E-state index contributed by atoms with van der Waals surface area (Å²) < 4.78 is 19.7. The Kier molecular flexibility index (Phi) is 7.78. The molecule has 114 valence electrons. The van der Waals surface area contributed by atoms with Gasteiger partial charge in [-0.3, -0.25) is 0 Å². The Morgan fingerprint density at radius 2 is 1.95 bits per heavy atom. The van der Waals surface area contributed by atoms with Gasteiger partial charge in [-0.15, -0.1) is 0 Å². The van der Waals surface area contributed by atoms with Crippen LogP contribution >= 0.6 is 0 Å². The minimum absolute atomic E-state index is 0.0601. The molecule has 0 aliphatic carbocycles. The van der Waals surface area contributed by atoms with Gasteiger partial charge < -0.3 is 10.1 Å². The number of rotatable bonds is 9. The highest BCUT2D eigenvalue weighted by Crippen LogP contribution is 2.24. The van der Waals surface area contributed by atoms with Crippen LogP contribution < -0.4 is 5.32 Å².